The van der Waals surface area contributed by atoms with E-state index in [1.807, 2.05) is 12.1 Å². The van der Waals surface area contributed by atoms with Gasteiger partial charge in [0.25, 0.3) is 0 Å². The molecule has 1 aromatic rings. The van der Waals surface area contributed by atoms with E-state index in [0.717, 1.165) is 15.8 Å². The molecule has 0 aliphatic heterocycles. The Morgan fingerprint density at radius 3 is 2.36 bits per heavy atom. The van der Waals surface area contributed by atoms with Gasteiger partial charge in [-0.25, -0.2) is 0 Å². The summed E-state index contributed by atoms with van der Waals surface area (Å²) in [5, 5.41) is 2.84. The van der Waals surface area contributed by atoms with Crippen LogP contribution >= 0.6 is 15.9 Å². The van der Waals surface area contributed by atoms with Crippen LogP contribution in [0.2, 0.25) is 0 Å². The molecule has 1 aromatic carbocycles. The highest BCUT2D eigenvalue weighted by Crippen LogP contribution is 2.32. The molecule has 0 aliphatic carbocycles. The number of carbonyl (C=O) groups excluding carboxylic acids is 2. The SMILES string of the molecule is CCC(=O)OC(C)(C)CC(=O)NCCc1cc(OC)c(Br)cc1OC. The fourth-order valence-corrected chi connectivity index (χ4v) is 2.81. The van der Waals surface area contributed by atoms with Crippen LogP contribution in [0.15, 0.2) is 16.6 Å². The molecule has 0 unspecified atom stereocenters. The number of rotatable bonds is 9. The molecule has 0 bridgehead atoms. The van der Waals surface area contributed by atoms with Crippen LogP contribution in [0.5, 0.6) is 11.5 Å². The second kappa shape index (κ2) is 9.65. The van der Waals surface area contributed by atoms with Gasteiger partial charge in [0.2, 0.25) is 5.91 Å². The van der Waals surface area contributed by atoms with Gasteiger partial charge in [-0.2, -0.15) is 0 Å². The molecule has 0 radical (unpaired) electrons. The number of carbonyl (C=O) groups is 2. The van der Waals surface area contributed by atoms with E-state index < -0.39 is 5.60 Å². The van der Waals surface area contributed by atoms with Crippen molar-refractivity contribution in [1.29, 1.82) is 0 Å². The van der Waals surface area contributed by atoms with Crippen LogP contribution in [0.1, 0.15) is 39.2 Å². The summed E-state index contributed by atoms with van der Waals surface area (Å²) in [7, 11) is 3.19. The lowest BCUT2D eigenvalue weighted by Crippen LogP contribution is -2.36. The molecule has 0 atom stereocenters. The van der Waals surface area contributed by atoms with Crippen molar-refractivity contribution < 1.29 is 23.8 Å². The molecule has 0 fully saturated rings. The van der Waals surface area contributed by atoms with Gasteiger partial charge in [0.1, 0.15) is 17.1 Å². The van der Waals surface area contributed by atoms with Crippen LogP contribution in [0, 0.1) is 0 Å². The topological polar surface area (TPSA) is 73.9 Å². The number of hydrogen-bond donors (Lipinski definition) is 1. The summed E-state index contributed by atoms with van der Waals surface area (Å²) in [6, 6.07) is 3.71. The first-order chi connectivity index (χ1) is 11.7. The molecule has 0 aliphatic rings. The number of hydrogen-bond acceptors (Lipinski definition) is 5. The van der Waals surface area contributed by atoms with Crippen LogP contribution < -0.4 is 14.8 Å². The number of nitrogens with one attached hydrogen (secondary N) is 1. The van der Waals surface area contributed by atoms with E-state index in [-0.39, 0.29) is 24.7 Å². The van der Waals surface area contributed by atoms with Crippen molar-refractivity contribution in [2.75, 3.05) is 20.8 Å². The number of amides is 1. The Morgan fingerprint density at radius 1 is 1.16 bits per heavy atom. The number of halogens is 1. The Kier molecular flexibility index (Phi) is 8.22. The Labute approximate surface area is 157 Å². The van der Waals surface area contributed by atoms with Gasteiger partial charge in [-0.3, -0.25) is 9.59 Å². The summed E-state index contributed by atoms with van der Waals surface area (Å²) in [6.45, 7) is 5.61. The van der Waals surface area contributed by atoms with E-state index in [2.05, 4.69) is 21.2 Å². The zero-order chi connectivity index (χ0) is 19.0. The molecule has 1 amide bonds. The average molecular weight is 416 g/mol. The van der Waals surface area contributed by atoms with Crippen molar-refractivity contribution in [3.8, 4) is 11.5 Å². The van der Waals surface area contributed by atoms with Crippen LogP contribution in [-0.4, -0.2) is 38.2 Å². The quantitative estimate of drug-likeness (QED) is 0.626. The minimum absolute atomic E-state index is 0.111. The number of benzene rings is 1. The molecule has 7 heteroatoms. The zero-order valence-electron chi connectivity index (χ0n) is 15.4. The third-order valence-electron chi connectivity index (χ3n) is 3.54. The van der Waals surface area contributed by atoms with Gasteiger partial charge in [0.15, 0.2) is 0 Å². The molecule has 0 heterocycles. The normalized spacial score (nSPS) is 11.0. The fraction of sp³-hybridized carbons (Fsp3) is 0.556. The van der Waals surface area contributed by atoms with E-state index in [4.69, 9.17) is 14.2 Å². The van der Waals surface area contributed by atoms with Crippen LogP contribution in [0.4, 0.5) is 0 Å². The average Bonchev–Trinajstić information content (AvgIpc) is 2.54. The number of esters is 1. The molecule has 0 spiro atoms. The van der Waals surface area contributed by atoms with Gasteiger partial charge < -0.3 is 19.5 Å². The molecule has 6 nitrogen and oxygen atoms in total. The van der Waals surface area contributed by atoms with Gasteiger partial charge in [0.05, 0.1) is 25.1 Å². The van der Waals surface area contributed by atoms with Gasteiger partial charge in [0, 0.05) is 13.0 Å². The highest BCUT2D eigenvalue weighted by molar-refractivity contribution is 9.10. The van der Waals surface area contributed by atoms with Gasteiger partial charge in [-0.1, -0.05) is 6.92 Å². The largest absolute Gasteiger partial charge is 0.496 e. The summed E-state index contributed by atoms with van der Waals surface area (Å²) in [4.78, 5) is 23.5. The molecule has 1 N–H and O–H groups in total. The minimum Gasteiger partial charge on any atom is -0.496 e. The van der Waals surface area contributed by atoms with Crippen molar-refractivity contribution in [3.05, 3.63) is 22.2 Å². The maximum Gasteiger partial charge on any atom is 0.306 e. The third kappa shape index (κ3) is 6.94. The van der Waals surface area contributed by atoms with E-state index in [1.165, 1.54) is 0 Å². The smallest absolute Gasteiger partial charge is 0.306 e. The summed E-state index contributed by atoms with van der Waals surface area (Å²) >= 11 is 3.42. The Bertz CT molecular complexity index is 616. The summed E-state index contributed by atoms with van der Waals surface area (Å²) < 4.78 is 16.7. The van der Waals surface area contributed by atoms with Gasteiger partial charge in [-0.05, 0) is 53.9 Å². The summed E-state index contributed by atoms with van der Waals surface area (Å²) in [6.07, 6.45) is 0.990. The first-order valence-corrected chi connectivity index (χ1v) is 8.90. The molecule has 0 aromatic heterocycles. The van der Waals surface area contributed by atoms with Crippen molar-refractivity contribution >= 4 is 27.8 Å². The summed E-state index contributed by atoms with van der Waals surface area (Å²) in [5.41, 5.74) is 0.106. The van der Waals surface area contributed by atoms with Crippen molar-refractivity contribution in [2.45, 2.75) is 45.6 Å². The highest BCUT2D eigenvalue weighted by Gasteiger charge is 2.25. The van der Waals surface area contributed by atoms with Crippen molar-refractivity contribution in [1.82, 2.24) is 5.32 Å². The minimum atomic E-state index is -0.824. The lowest BCUT2D eigenvalue weighted by atomic mass is 10.0. The summed E-state index contributed by atoms with van der Waals surface area (Å²) in [5.74, 6) is 0.940. The Hall–Kier alpha value is -1.76. The number of ether oxygens (including phenoxy) is 3. The Balaban J connectivity index is 2.59. The van der Waals surface area contributed by atoms with E-state index in [0.29, 0.717) is 18.7 Å². The first kappa shape index (κ1) is 21.3. The highest BCUT2D eigenvalue weighted by atomic mass is 79.9. The molecule has 0 saturated heterocycles. The molecular weight excluding hydrogens is 390 g/mol. The van der Waals surface area contributed by atoms with Crippen LogP contribution in [0.25, 0.3) is 0 Å². The van der Waals surface area contributed by atoms with E-state index >= 15 is 0 Å². The monoisotopic (exact) mass is 415 g/mol. The lowest BCUT2D eigenvalue weighted by molar-refractivity contribution is -0.157. The number of methoxy groups -OCH3 is 2. The second-order valence-electron chi connectivity index (χ2n) is 6.16. The molecular formula is C18H26BrNO5. The molecule has 1 rings (SSSR count). The zero-order valence-corrected chi connectivity index (χ0v) is 17.0. The maximum absolute atomic E-state index is 12.1. The fourth-order valence-electron chi connectivity index (χ4n) is 2.32. The maximum atomic E-state index is 12.1. The van der Waals surface area contributed by atoms with Crippen molar-refractivity contribution in [2.24, 2.45) is 0 Å². The van der Waals surface area contributed by atoms with Gasteiger partial charge >= 0.3 is 5.97 Å². The first-order valence-electron chi connectivity index (χ1n) is 8.11. The van der Waals surface area contributed by atoms with E-state index in [1.54, 1.807) is 35.0 Å². The molecule has 0 saturated carbocycles. The Morgan fingerprint density at radius 2 is 1.80 bits per heavy atom. The second-order valence-corrected chi connectivity index (χ2v) is 7.02. The van der Waals surface area contributed by atoms with Crippen LogP contribution in [0.3, 0.4) is 0 Å². The standard InChI is InChI=1S/C18H26BrNO5/c1-6-17(22)25-18(2,3)11-16(21)20-8-7-12-9-15(24-5)13(19)10-14(12)23-4/h9-10H,6-8,11H2,1-5H3,(H,20,21). The van der Waals surface area contributed by atoms with Crippen molar-refractivity contribution in [3.63, 3.8) is 0 Å². The molecule has 25 heavy (non-hydrogen) atoms. The third-order valence-corrected chi connectivity index (χ3v) is 4.16. The molecule has 140 valence electrons. The van der Waals surface area contributed by atoms with Crippen LogP contribution in [-0.2, 0) is 20.7 Å². The predicted molar refractivity (Wildman–Crippen MR) is 99.0 cm³/mol. The van der Waals surface area contributed by atoms with Gasteiger partial charge in [-0.15, -0.1) is 0 Å². The van der Waals surface area contributed by atoms with E-state index in [9.17, 15) is 9.59 Å². The lowest BCUT2D eigenvalue weighted by Gasteiger charge is -2.24. The predicted octanol–water partition coefficient (Wildman–Crippen LogP) is 3.25.